The summed E-state index contributed by atoms with van der Waals surface area (Å²) < 4.78 is 6.11. The molecule has 2 aliphatic rings. The maximum absolute atomic E-state index is 12.6. The smallest absolute Gasteiger partial charge is 0.234 e. The molecule has 0 saturated carbocycles. The molecule has 2 aliphatic heterocycles. The first-order chi connectivity index (χ1) is 14.3. The minimum absolute atomic E-state index is 0.0977. The fraction of sp³-hybridized carbons (Fsp3) is 0.636. The van der Waals surface area contributed by atoms with Gasteiger partial charge in [0.05, 0.1) is 21.0 Å². The van der Waals surface area contributed by atoms with E-state index in [4.69, 9.17) is 4.37 Å². The first-order valence-corrected chi connectivity index (χ1v) is 12.7. The average Bonchev–Trinajstić information content (AvgIpc) is 3.34. The van der Waals surface area contributed by atoms with Crippen molar-refractivity contribution >= 4 is 39.3 Å². The molecular formula is C22H32N4OS2. The number of unbranched alkanes of at least 4 members (excludes halogenated alkanes) is 1. The summed E-state index contributed by atoms with van der Waals surface area (Å²) in [7, 11) is 0. The number of aromatic nitrogens is 1. The van der Waals surface area contributed by atoms with Crippen LogP contribution in [0.5, 0.6) is 0 Å². The van der Waals surface area contributed by atoms with Crippen molar-refractivity contribution in [1.29, 1.82) is 0 Å². The minimum atomic E-state index is 0.0977. The van der Waals surface area contributed by atoms with Crippen LogP contribution in [-0.2, 0) is 4.79 Å². The van der Waals surface area contributed by atoms with Gasteiger partial charge in [-0.05, 0) is 43.4 Å². The van der Waals surface area contributed by atoms with Gasteiger partial charge in [0.2, 0.25) is 5.91 Å². The van der Waals surface area contributed by atoms with Crippen LogP contribution in [0.15, 0.2) is 24.3 Å². The molecule has 0 radical (unpaired) electrons. The van der Waals surface area contributed by atoms with Crippen LogP contribution < -0.4 is 10.6 Å². The minimum Gasteiger partial charge on any atom is -0.343 e. The average molecular weight is 433 g/mol. The lowest BCUT2D eigenvalue weighted by molar-refractivity contribution is -0.120. The highest BCUT2D eigenvalue weighted by Gasteiger charge is 2.38. The Morgan fingerprint density at radius 2 is 2.07 bits per heavy atom. The van der Waals surface area contributed by atoms with Crippen molar-refractivity contribution in [3.8, 4) is 0 Å². The lowest BCUT2D eigenvalue weighted by Gasteiger charge is -2.28. The summed E-state index contributed by atoms with van der Waals surface area (Å²) in [5, 5.41) is 8.24. The second-order valence-corrected chi connectivity index (χ2v) is 10.3. The molecule has 5 nitrogen and oxygen atoms in total. The Balaban J connectivity index is 1.48. The van der Waals surface area contributed by atoms with Crippen LogP contribution in [0.2, 0.25) is 0 Å². The predicted molar refractivity (Wildman–Crippen MR) is 124 cm³/mol. The number of hydrogen-bond acceptors (Lipinski definition) is 6. The zero-order valence-corrected chi connectivity index (χ0v) is 18.9. The van der Waals surface area contributed by atoms with Crippen LogP contribution in [0.4, 0.5) is 0 Å². The third-order valence-electron chi connectivity index (χ3n) is 6.03. The quantitative estimate of drug-likeness (QED) is 0.631. The monoisotopic (exact) mass is 432 g/mol. The fourth-order valence-corrected chi connectivity index (χ4v) is 6.69. The number of rotatable bonds is 9. The number of fused-ring (bicyclic) bond motifs is 1. The molecule has 0 aliphatic carbocycles. The van der Waals surface area contributed by atoms with Gasteiger partial charge in [0.25, 0.3) is 0 Å². The van der Waals surface area contributed by atoms with E-state index in [0.717, 1.165) is 64.8 Å². The van der Waals surface area contributed by atoms with E-state index in [2.05, 4.69) is 46.7 Å². The van der Waals surface area contributed by atoms with Crippen LogP contribution in [0, 0.1) is 0 Å². The zero-order chi connectivity index (χ0) is 20.1. The Labute approximate surface area is 182 Å². The summed E-state index contributed by atoms with van der Waals surface area (Å²) >= 11 is 3.43. The number of carbonyl (C=O) groups excluding carboxylic acids is 1. The lowest BCUT2D eigenvalue weighted by atomic mass is 9.96. The second kappa shape index (κ2) is 10.2. The molecule has 2 fully saturated rings. The van der Waals surface area contributed by atoms with E-state index in [9.17, 15) is 4.79 Å². The van der Waals surface area contributed by atoms with Gasteiger partial charge < -0.3 is 15.5 Å². The van der Waals surface area contributed by atoms with Crippen molar-refractivity contribution in [3.63, 3.8) is 0 Å². The van der Waals surface area contributed by atoms with Gasteiger partial charge in [-0.15, -0.1) is 11.8 Å². The van der Waals surface area contributed by atoms with Crippen molar-refractivity contribution in [2.45, 2.75) is 55.6 Å². The van der Waals surface area contributed by atoms with E-state index in [-0.39, 0.29) is 22.4 Å². The van der Waals surface area contributed by atoms with Gasteiger partial charge in [0, 0.05) is 37.5 Å². The summed E-state index contributed by atoms with van der Waals surface area (Å²) in [5.41, 5.74) is 1.18. The molecule has 0 spiro atoms. The SMILES string of the molecule is CCCCC1SC(C(CCCN2CCNCC2)c2nsc3ccccc23)NC1=O. The predicted octanol–water partition coefficient (Wildman–Crippen LogP) is 3.81. The Hall–Kier alpha value is -1.15. The van der Waals surface area contributed by atoms with E-state index in [0.29, 0.717) is 0 Å². The van der Waals surface area contributed by atoms with Crippen molar-refractivity contribution in [3.05, 3.63) is 30.0 Å². The number of nitrogens with zero attached hydrogens (tertiary/aromatic N) is 2. The highest BCUT2D eigenvalue weighted by atomic mass is 32.2. The van der Waals surface area contributed by atoms with Gasteiger partial charge in [0.1, 0.15) is 0 Å². The molecule has 1 amide bonds. The van der Waals surface area contributed by atoms with Gasteiger partial charge in [0.15, 0.2) is 0 Å². The molecule has 2 aromatic rings. The number of thioether (sulfide) groups is 1. The van der Waals surface area contributed by atoms with Crippen molar-refractivity contribution in [2.24, 2.45) is 0 Å². The van der Waals surface area contributed by atoms with E-state index in [1.54, 1.807) is 11.5 Å². The summed E-state index contributed by atoms with van der Waals surface area (Å²) in [6.07, 6.45) is 5.44. The number of piperazine rings is 1. The topological polar surface area (TPSA) is 57.3 Å². The first-order valence-electron chi connectivity index (χ1n) is 11.0. The van der Waals surface area contributed by atoms with Crippen LogP contribution in [0.1, 0.15) is 50.6 Å². The molecule has 3 atom stereocenters. The van der Waals surface area contributed by atoms with E-state index in [1.807, 2.05) is 11.8 Å². The Bertz CT molecular complexity index is 805. The van der Waals surface area contributed by atoms with E-state index < -0.39 is 0 Å². The molecule has 3 heterocycles. The maximum Gasteiger partial charge on any atom is 0.234 e. The van der Waals surface area contributed by atoms with E-state index >= 15 is 0 Å². The van der Waals surface area contributed by atoms with Gasteiger partial charge in [-0.1, -0.05) is 38.0 Å². The van der Waals surface area contributed by atoms with Crippen molar-refractivity contribution in [2.75, 3.05) is 32.7 Å². The molecule has 0 bridgehead atoms. The van der Waals surface area contributed by atoms with Crippen molar-refractivity contribution < 1.29 is 4.79 Å². The fourth-order valence-electron chi connectivity index (χ4n) is 4.36. The summed E-state index contributed by atoms with van der Waals surface area (Å²) in [5.74, 6) is 0.495. The largest absolute Gasteiger partial charge is 0.343 e. The standard InChI is InChI=1S/C22H32N4OS2/c1-2-3-9-19-21(27)24-22(28-19)17(8-6-13-26-14-11-23-12-15-26)20-16-7-4-5-10-18(16)29-25-20/h4-5,7,10,17,19,22-23H,2-3,6,8-9,11-15H2,1H3,(H,24,27). The number of nitrogens with one attached hydrogen (secondary N) is 2. The molecule has 1 aromatic carbocycles. The molecule has 1 aromatic heterocycles. The number of amides is 1. The molecule has 29 heavy (non-hydrogen) atoms. The van der Waals surface area contributed by atoms with Gasteiger partial charge in [-0.2, -0.15) is 4.37 Å². The molecule has 158 valence electrons. The maximum atomic E-state index is 12.6. The second-order valence-electron chi connectivity index (χ2n) is 8.10. The van der Waals surface area contributed by atoms with Crippen LogP contribution in [0.25, 0.3) is 10.1 Å². The van der Waals surface area contributed by atoms with Crippen LogP contribution >= 0.6 is 23.3 Å². The Morgan fingerprint density at radius 3 is 2.90 bits per heavy atom. The Morgan fingerprint density at radius 1 is 1.24 bits per heavy atom. The van der Waals surface area contributed by atoms with Gasteiger partial charge in [-0.25, -0.2) is 0 Å². The normalized spacial score (nSPS) is 24.1. The first kappa shape index (κ1) is 21.1. The summed E-state index contributed by atoms with van der Waals surface area (Å²) in [6.45, 7) is 7.78. The molecule has 2 N–H and O–H groups in total. The third-order valence-corrected chi connectivity index (χ3v) is 8.39. The van der Waals surface area contributed by atoms with Crippen LogP contribution in [-0.4, -0.2) is 58.5 Å². The Kier molecular flexibility index (Phi) is 7.45. The van der Waals surface area contributed by atoms with Gasteiger partial charge >= 0.3 is 0 Å². The highest BCUT2D eigenvalue weighted by Crippen LogP contribution is 2.41. The molecule has 2 saturated heterocycles. The van der Waals surface area contributed by atoms with Gasteiger partial charge in [-0.3, -0.25) is 4.79 Å². The number of benzene rings is 1. The summed E-state index contributed by atoms with van der Waals surface area (Å²) in [6, 6.07) is 8.52. The lowest BCUT2D eigenvalue weighted by Crippen LogP contribution is -2.43. The van der Waals surface area contributed by atoms with Crippen LogP contribution in [0.3, 0.4) is 0 Å². The third kappa shape index (κ3) is 5.13. The molecular weight excluding hydrogens is 400 g/mol. The highest BCUT2D eigenvalue weighted by molar-refractivity contribution is 8.01. The number of carbonyl (C=O) groups is 1. The zero-order valence-electron chi connectivity index (χ0n) is 17.2. The molecule has 3 unspecified atom stereocenters. The number of hydrogen-bond donors (Lipinski definition) is 2. The van der Waals surface area contributed by atoms with Crippen molar-refractivity contribution in [1.82, 2.24) is 19.9 Å². The van der Waals surface area contributed by atoms with E-state index in [1.165, 1.54) is 15.8 Å². The summed E-state index contributed by atoms with van der Waals surface area (Å²) in [4.78, 5) is 15.1. The molecule has 7 heteroatoms. The molecule has 4 rings (SSSR count).